The molecule has 0 saturated carbocycles. The highest BCUT2D eigenvalue weighted by molar-refractivity contribution is 6.32. The van der Waals surface area contributed by atoms with Crippen LogP contribution in [0.25, 0.3) is 0 Å². The molecule has 1 fully saturated rings. The largest absolute Gasteiger partial charge is 0.478 e. The predicted molar refractivity (Wildman–Crippen MR) is 132 cm³/mol. The Morgan fingerprint density at radius 1 is 1.00 bits per heavy atom. The molecule has 1 saturated heterocycles. The molecule has 2 aromatic carbocycles. The Balaban J connectivity index is 0.000000371. The molecule has 4 rings (SSSR count). The van der Waals surface area contributed by atoms with Gasteiger partial charge in [0.15, 0.2) is 0 Å². The number of carbonyl (C=O) groups excluding carboxylic acids is 1. The number of carbonyl (C=O) groups is 3. The van der Waals surface area contributed by atoms with E-state index in [4.69, 9.17) is 26.6 Å². The minimum absolute atomic E-state index is 0.0118. The van der Waals surface area contributed by atoms with Gasteiger partial charge in [-0.2, -0.15) is 0 Å². The van der Waals surface area contributed by atoms with Crippen LogP contribution in [0.3, 0.4) is 0 Å². The first-order chi connectivity index (χ1) is 16.8. The summed E-state index contributed by atoms with van der Waals surface area (Å²) >= 11 is 6.29. The Kier molecular flexibility index (Phi) is 9.54. The molecule has 0 radical (unpaired) electrons. The fraction of sp³-hybridized carbons (Fsp3) is 0.280. The third kappa shape index (κ3) is 7.74. The number of halogens is 1. The molecule has 2 aliphatic heterocycles. The lowest BCUT2D eigenvalue weighted by Crippen LogP contribution is -2.43. The van der Waals surface area contributed by atoms with Gasteiger partial charge in [-0.25, -0.2) is 9.59 Å². The zero-order valence-electron chi connectivity index (χ0n) is 19.0. The zero-order valence-corrected chi connectivity index (χ0v) is 19.7. The lowest BCUT2D eigenvalue weighted by atomic mass is 10.00. The van der Waals surface area contributed by atoms with Crippen LogP contribution in [-0.4, -0.2) is 84.6 Å². The number of carboxylic acid groups (broad SMARTS) is 2. The number of nitrogens with zero attached hydrogens (tertiary/aromatic N) is 3. The molecule has 2 aromatic rings. The van der Waals surface area contributed by atoms with Crippen LogP contribution >= 0.6 is 11.6 Å². The molecule has 1 amide bonds. The second kappa shape index (κ2) is 12.8. The SMILES string of the molecule is O=C(O)/C=C\C(=O)O.O=C1CN=C(c2ccccc2)c2cc(Cl)ccc2N1CCN1CCOCC1. The van der Waals surface area contributed by atoms with E-state index in [2.05, 4.69) is 9.89 Å². The number of morpholine rings is 1. The Hall–Kier alpha value is -3.53. The summed E-state index contributed by atoms with van der Waals surface area (Å²) in [6.07, 6.45) is 1.12. The molecule has 0 atom stereocenters. The Labute approximate surface area is 207 Å². The summed E-state index contributed by atoms with van der Waals surface area (Å²) in [5.74, 6) is -2.50. The maximum absolute atomic E-state index is 12.9. The highest BCUT2D eigenvalue weighted by atomic mass is 35.5. The maximum atomic E-state index is 12.9. The van der Waals surface area contributed by atoms with Gasteiger partial charge in [-0.1, -0.05) is 41.9 Å². The number of anilines is 1. The van der Waals surface area contributed by atoms with Crippen LogP contribution < -0.4 is 4.90 Å². The first kappa shape index (κ1) is 26.1. The van der Waals surface area contributed by atoms with Crippen molar-refractivity contribution in [3.05, 3.63) is 76.8 Å². The number of amides is 1. The number of carboxylic acids is 2. The van der Waals surface area contributed by atoms with Crippen LogP contribution in [0.5, 0.6) is 0 Å². The van der Waals surface area contributed by atoms with E-state index in [-0.39, 0.29) is 12.5 Å². The fourth-order valence-electron chi connectivity index (χ4n) is 3.68. The number of aliphatic carboxylic acids is 2. The van der Waals surface area contributed by atoms with E-state index in [9.17, 15) is 14.4 Å². The number of rotatable bonds is 6. The van der Waals surface area contributed by atoms with Gasteiger partial charge in [-0.15, -0.1) is 0 Å². The molecule has 184 valence electrons. The number of benzodiazepines with no additional fused rings is 1. The normalized spacial score (nSPS) is 16.1. The van der Waals surface area contributed by atoms with E-state index in [0.717, 1.165) is 55.4 Å². The lowest BCUT2D eigenvalue weighted by Gasteiger charge is -2.30. The summed E-state index contributed by atoms with van der Waals surface area (Å²) in [5, 5.41) is 16.3. The predicted octanol–water partition coefficient (Wildman–Crippen LogP) is 2.57. The standard InChI is InChI=1S/C21H22ClN3O2.C4H4O4/c22-17-6-7-19-18(14-17)21(16-4-2-1-3-5-16)23-15-20(26)25(19)9-8-24-10-12-27-13-11-24;5-3(6)1-2-4(7)8/h1-7,14H,8-13,15H2;1-2H,(H,5,6)(H,7,8)/b;2-1-. The van der Waals surface area contributed by atoms with Crippen LogP contribution in [0.1, 0.15) is 11.1 Å². The van der Waals surface area contributed by atoms with Crippen molar-refractivity contribution in [3.63, 3.8) is 0 Å². The van der Waals surface area contributed by atoms with Gasteiger partial charge < -0.3 is 19.8 Å². The number of ether oxygens (including phenoxy) is 1. The lowest BCUT2D eigenvalue weighted by molar-refractivity contribution is -0.134. The van der Waals surface area contributed by atoms with Crippen molar-refractivity contribution < 1.29 is 29.3 Å². The van der Waals surface area contributed by atoms with Crippen molar-refractivity contribution in [2.45, 2.75) is 0 Å². The molecule has 9 nitrogen and oxygen atoms in total. The molecule has 35 heavy (non-hydrogen) atoms. The van der Waals surface area contributed by atoms with E-state index in [1.54, 1.807) is 0 Å². The summed E-state index contributed by atoms with van der Waals surface area (Å²) in [7, 11) is 0. The summed E-state index contributed by atoms with van der Waals surface area (Å²) in [6, 6.07) is 15.6. The minimum atomic E-state index is -1.26. The van der Waals surface area contributed by atoms with Crippen LogP contribution in [0, 0.1) is 0 Å². The molecule has 2 heterocycles. The number of hydrogen-bond acceptors (Lipinski definition) is 6. The molecular weight excluding hydrogens is 474 g/mol. The van der Waals surface area contributed by atoms with Gasteiger partial charge in [0.05, 0.1) is 24.6 Å². The van der Waals surface area contributed by atoms with Crippen LogP contribution in [-0.2, 0) is 19.1 Å². The van der Waals surface area contributed by atoms with E-state index in [1.165, 1.54) is 0 Å². The average molecular weight is 500 g/mol. The Morgan fingerprint density at radius 3 is 2.29 bits per heavy atom. The van der Waals surface area contributed by atoms with Crippen LogP contribution in [0.2, 0.25) is 5.02 Å². The maximum Gasteiger partial charge on any atom is 0.328 e. The zero-order chi connectivity index (χ0) is 25.2. The van der Waals surface area contributed by atoms with Crippen molar-refractivity contribution in [3.8, 4) is 0 Å². The summed E-state index contributed by atoms with van der Waals surface area (Å²) in [4.78, 5) is 40.8. The summed E-state index contributed by atoms with van der Waals surface area (Å²) in [6.45, 7) is 4.90. The quantitative estimate of drug-likeness (QED) is 0.586. The smallest absolute Gasteiger partial charge is 0.328 e. The Morgan fingerprint density at radius 2 is 1.66 bits per heavy atom. The van der Waals surface area contributed by atoms with E-state index in [0.29, 0.717) is 23.7 Å². The van der Waals surface area contributed by atoms with Crippen LogP contribution in [0.15, 0.2) is 65.7 Å². The molecule has 0 aromatic heterocycles. The molecule has 2 aliphatic rings. The highest BCUT2D eigenvalue weighted by Crippen LogP contribution is 2.29. The van der Waals surface area contributed by atoms with Gasteiger partial charge in [0.1, 0.15) is 6.54 Å². The molecule has 2 N–H and O–H groups in total. The Bertz CT molecular complexity index is 1100. The van der Waals surface area contributed by atoms with Crippen LogP contribution in [0.4, 0.5) is 5.69 Å². The number of aliphatic imine (C=N–C) groups is 1. The van der Waals surface area contributed by atoms with Crippen molar-refractivity contribution >= 4 is 40.8 Å². The molecule has 0 aliphatic carbocycles. The van der Waals surface area contributed by atoms with Gasteiger partial charge in [0.2, 0.25) is 5.91 Å². The number of hydrogen-bond donors (Lipinski definition) is 2. The molecular formula is C25H26ClN3O6. The second-order valence-corrected chi connectivity index (χ2v) is 8.14. The molecule has 0 unspecified atom stereocenters. The molecule has 0 spiro atoms. The fourth-order valence-corrected chi connectivity index (χ4v) is 3.85. The van der Waals surface area contributed by atoms with Gasteiger partial charge in [0, 0.05) is 54.5 Å². The van der Waals surface area contributed by atoms with Gasteiger partial charge in [-0.05, 0) is 18.2 Å². The molecule has 10 heteroatoms. The molecule has 0 bridgehead atoms. The van der Waals surface area contributed by atoms with Crippen molar-refractivity contribution in [2.24, 2.45) is 4.99 Å². The number of fused-ring (bicyclic) bond motifs is 1. The van der Waals surface area contributed by atoms with Gasteiger partial charge >= 0.3 is 11.9 Å². The van der Waals surface area contributed by atoms with Crippen molar-refractivity contribution in [1.82, 2.24) is 4.90 Å². The average Bonchev–Trinajstić information content (AvgIpc) is 2.98. The second-order valence-electron chi connectivity index (χ2n) is 7.70. The highest BCUT2D eigenvalue weighted by Gasteiger charge is 2.26. The summed E-state index contributed by atoms with van der Waals surface area (Å²) < 4.78 is 5.41. The third-order valence-electron chi connectivity index (χ3n) is 5.34. The van der Waals surface area contributed by atoms with E-state index in [1.807, 2.05) is 53.4 Å². The third-order valence-corrected chi connectivity index (χ3v) is 5.57. The minimum Gasteiger partial charge on any atom is -0.478 e. The van der Waals surface area contributed by atoms with Crippen molar-refractivity contribution in [2.75, 3.05) is 50.8 Å². The van der Waals surface area contributed by atoms with Crippen molar-refractivity contribution in [1.29, 1.82) is 0 Å². The van der Waals surface area contributed by atoms with Gasteiger partial charge in [0.25, 0.3) is 0 Å². The van der Waals surface area contributed by atoms with E-state index < -0.39 is 11.9 Å². The topological polar surface area (TPSA) is 120 Å². The van der Waals surface area contributed by atoms with Gasteiger partial charge in [-0.3, -0.25) is 14.7 Å². The summed E-state index contributed by atoms with van der Waals surface area (Å²) in [5.41, 5.74) is 3.58. The van der Waals surface area contributed by atoms with E-state index >= 15 is 0 Å². The first-order valence-corrected chi connectivity index (χ1v) is 11.4. The monoisotopic (exact) mass is 499 g/mol. The first-order valence-electron chi connectivity index (χ1n) is 11.0. The number of benzene rings is 2.